The molecule has 0 aliphatic carbocycles. The van der Waals surface area contributed by atoms with Gasteiger partial charge >= 0.3 is 0 Å². The van der Waals surface area contributed by atoms with E-state index >= 15 is 0 Å². The fraction of sp³-hybridized carbons (Fsp3) is 0.0182. The van der Waals surface area contributed by atoms with Crippen molar-refractivity contribution in [3.8, 4) is 5.69 Å². The second-order valence-corrected chi connectivity index (χ2v) is 15.3. The molecular weight excluding hydrogens is 717 g/mol. The zero-order valence-corrected chi connectivity index (χ0v) is 32.2. The second-order valence-electron chi connectivity index (χ2n) is 15.3. The quantitative estimate of drug-likeness (QED) is 0.168. The Balaban J connectivity index is 1.09. The molecule has 0 N–H and O–H groups in total. The molecule has 1 atom stereocenters. The van der Waals surface area contributed by atoms with Gasteiger partial charge in [0.2, 0.25) is 0 Å². The Bertz CT molecular complexity index is 3140. The molecule has 1 aromatic heterocycles. The van der Waals surface area contributed by atoms with E-state index in [0.29, 0.717) is 0 Å². The first kappa shape index (κ1) is 33.3. The number of para-hydroxylation sites is 6. The Morgan fingerprint density at radius 1 is 0.322 bits per heavy atom. The van der Waals surface area contributed by atoms with Gasteiger partial charge in [0.1, 0.15) is 0 Å². The van der Waals surface area contributed by atoms with E-state index in [9.17, 15) is 0 Å². The maximum atomic E-state index is 2.49. The summed E-state index contributed by atoms with van der Waals surface area (Å²) >= 11 is 0. The second kappa shape index (κ2) is 13.4. The molecule has 2 aliphatic heterocycles. The number of rotatable bonds is 6. The van der Waals surface area contributed by atoms with Crippen LogP contribution in [0.3, 0.4) is 0 Å². The number of hydrogen-bond acceptors (Lipinski definition) is 3. The SMILES string of the molecule is c1ccc(N(c2ccccc2)c2ccc3c(c2)N(c2ccccc2)c2cccc4c2C3c2ccccc2N4c2ccc3c4ccccc4n(-c4ccccc4)c3c2)cc1. The van der Waals surface area contributed by atoms with Gasteiger partial charge in [0.25, 0.3) is 0 Å². The average Bonchev–Trinajstić information content (AvgIpc) is 3.64. The smallest absolute Gasteiger partial charge is 0.0561 e. The number of hydrogen-bond donors (Lipinski definition) is 0. The van der Waals surface area contributed by atoms with Crippen LogP contribution in [0.4, 0.5) is 51.2 Å². The van der Waals surface area contributed by atoms with Crippen LogP contribution in [-0.4, -0.2) is 4.57 Å². The predicted molar refractivity (Wildman–Crippen MR) is 246 cm³/mol. The van der Waals surface area contributed by atoms with Gasteiger partial charge in [-0.25, -0.2) is 0 Å². The lowest BCUT2D eigenvalue weighted by molar-refractivity contribution is 0.908. The van der Waals surface area contributed by atoms with Gasteiger partial charge in [-0.3, -0.25) is 0 Å². The number of nitrogens with zero attached hydrogens (tertiary/aromatic N) is 4. The number of anilines is 9. The number of fused-ring (bicyclic) bond motifs is 7. The van der Waals surface area contributed by atoms with Crippen molar-refractivity contribution < 1.29 is 0 Å². The summed E-state index contributed by atoms with van der Waals surface area (Å²) < 4.78 is 2.41. The van der Waals surface area contributed by atoms with Crippen LogP contribution in [0.25, 0.3) is 27.5 Å². The minimum absolute atomic E-state index is 0.0269. The van der Waals surface area contributed by atoms with E-state index in [2.05, 4.69) is 244 Å². The minimum atomic E-state index is 0.0269. The molecule has 0 bridgehead atoms. The Morgan fingerprint density at radius 2 is 0.864 bits per heavy atom. The summed E-state index contributed by atoms with van der Waals surface area (Å²) in [5.74, 6) is 0.0269. The van der Waals surface area contributed by atoms with Crippen LogP contribution in [0.15, 0.2) is 224 Å². The van der Waals surface area contributed by atoms with Gasteiger partial charge in [0.05, 0.1) is 33.8 Å². The van der Waals surface area contributed by atoms with Crippen LogP contribution in [0.2, 0.25) is 0 Å². The van der Waals surface area contributed by atoms with E-state index < -0.39 is 0 Å². The van der Waals surface area contributed by atoms with Gasteiger partial charge < -0.3 is 19.3 Å². The lowest BCUT2D eigenvalue weighted by Crippen LogP contribution is -2.29. The summed E-state index contributed by atoms with van der Waals surface area (Å²) in [5.41, 5.74) is 17.8. The number of aromatic nitrogens is 1. The topological polar surface area (TPSA) is 14.7 Å². The zero-order valence-electron chi connectivity index (χ0n) is 32.2. The summed E-state index contributed by atoms with van der Waals surface area (Å²) in [6, 6.07) is 81.6. The van der Waals surface area contributed by atoms with Gasteiger partial charge in [0, 0.05) is 56.4 Å². The first-order chi connectivity index (χ1) is 29.3. The molecule has 2 aliphatic rings. The molecule has 4 nitrogen and oxygen atoms in total. The molecule has 59 heavy (non-hydrogen) atoms. The summed E-state index contributed by atoms with van der Waals surface area (Å²) in [4.78, 5) is 7.33. The third kappa shape index (κ3) is 5.16. The van der Waals surface area contributed by atoms with Gasteiger partial charge in [-0.05, 0) is 108 Å². The fourth-order valence-electron chi connectivity index (χ4n) is 9.70. The van der Waals surface area contributed by atoms with Crippen LogP contribution in [-0.2, 0) is 0 Å². The fourth-order valence-corrected chi connectivity index (χ4v) is 9.70. The van der Waals surface area contributed by atoms with Crippen molar-refractivity contribution in [2.45, 2.75) is 5.92 Å². The molecule has 3 heterocycles. The van der Waals surface area contributed by atoms with E-state index in [-0.39, 0.29) is 5.92 Å². The van der Waals surface area contributed by atoms with Crippen LogP contribution in [0.5, 0.6) is 0 Å². The molecule has 0 fully saturated rings. The third-order valence-electron chi connectivity index (χ3n) is 12.1. The lowest BCUT2D eigenvalue weighted by Gasteiger charge is -2.45. The molecule has 1 unspecified atom stereocenters. The molecule has 0 radical (unpaired) electrons. The van der Waals surface area contributed by atoms with Gasteiger partial charge in [-0.15, -0.1) is 0 Å². The highest BCUT2D eigenvalue weighted by atomic mass is 15.2. The number of benzene rings is 9. The largest absolute Gasteiger partial charge is 0.310 e. The van der Waals surface area contributed by atoms with E-state index in [0.717, 1.165) is 34.1 Å². The third-order valence-corrected chi connectivity index (χ3v) is 12.1. The standard InChI is InChI=1S/C55H38N4/c1-5-18-38(19-6-1)56(39-20-7-2-8-21-39)42-33-35-47-53(36-42)58(41-24-11-4-12-25-41)50-30-17-31-51-55(50)54(47)46-27-14-16-29-49(46)59(51)43-32-34-45-44-26-13-15-28-48(44)57(52(45)37-43)40-22-9-3-10-23-40/h1-37,54H. The van der Waals surface area contributed by atoms with Crippen molar-refractivity contribution >= 4 is 73.0 Å². The van der Waals surface area contributed by atoms with Gasteiger partial charge in [-0.1, -0.05) is 127 Å². The van der Waals surface area contributed by atoms with Crippen molar-refractivity contribution in [3.63, 3.8) is 0 Å². The molecule has 0 saturated heterocycles. The van der Waals surface area contributed by atoms with Crippen molar-refractivity contribution in [2.75, 3.05) is 14.7 Å². The minimum Gasteiger partial charge on any atom is -0.310 e. The Morgan fingerprint density at radius 3 is 1.58 bits per heavy atom. The Kier molecular flexibility index (Phi) is 7.57. The van der Waals surface area contributed by atoms with E-state index in [1.165, 1.54) is 61.2 Å². The molecule has 278 valence electrons. The molecule has 10 aromatic rings. The molecule has 0 saturated carbocycles. The highest BCUT2D eigenvalue weighted by Gasteiger charge is 2.41. The monoisotopic (exact) mass is 754 g/mol. The summed E-state index contributed by atoms with van der Waals surface area (Å²) in [5, 5.41) is 2.49. The maximum absolute atomic E-state index is 2.49. The Labute approximate surface area is 343 Å². The average molecular weight is 755 g/mol. The first-order valence-corrected chi connectivity index (χ1v) is 20.3. The summed E-state index contributed by atoms with van der Waals surface area (Å²) in [6.45, 7) is 0. The van der Waals surface area contributed by atoms with Gasteiger partial charge in [0.15, 0.2) is 0 Å². The Hall–Kier alpha value is -7.82. The van der Waals surface area contributed by atoms with Crippen LogP contribution < -0.4 is 14.7 Å². The van der Waals surface area contributed by atoms with Gasteiger partial charge in [-0.2, -0.15) is 0 Å². The van der Waals surface area contributed by atoms with Crippen molar-refractivity contribution in [1.82, 2.24) is 4.57 Å². The zero-order chi connectivity index (χ0) is 38.9. The van der Waals surface area contributed by atoms with E-state index in [1.807, 2.05) is 0 Å². The molecule has 9 aromatic carbocycles. The summed E-state index contributed by atoms with van der Waals surface area (Å²) in [6.07, 6.45) is 0. The highest BCUT2D eigenvalue weighted by molar-refractivity contribution is 6.11. The normalized spacial score (nSPS) is 13.9. The van der Waals surface area contributed by atoms with E-state index in [1.54, 1.807) is 0 Å². The first-order valence-electron chi connectivity index (χ1n) is 20.3. The van der Waals surface area contributed by atoms with Crippen LogP contribution >= 0.6 is 0 Å². The van der Waals surface area contributed by atoms with E-state index in [4.69, 9.17) is 0 Å². The van der Waals surface area contributed by atoms with Crippen LogP contribution in [0.1, 0.15) is 22.6 Å². The molecule has 4 heteroatoms. The lowest BCUT2D eigenvalue weighted by atomic mass is 9.75. The predicted octanol–water partition coefficient (Wildman–Crippen LogP) is 15.0. The maximum Gasteiger partial charge on any atom is 0.0561 e. The molecule has 0 amide bonds. The summed E-state index contributed by atoms with van der Waals surface area (Å²) in [7, 11) is 0. The molecule has 12 rings (SSSR count). The highest BCUT2D eigenvalue weighted by Crippen LogP contribution is 2.61. The molecular formula is C55H38N4. The molecule has 0 spiro atoms. The van der Waals surface area contributed by atoms with Crippen LogP contribution in [0, 0.1) is 0 Å². The van der Waals surface area contributed by atoms with Crippen molar-refractivity contribution in [3.05, 3.63) is 241 Å². The van der Waals surface area contributed by atoms with Crippen molar-refractivity contribution in [1.29, 1.82) is 0 Å². The van der Waals surface area contributed by atoms with Crippen molar-refractivity contribution in [2.24, 2.45) is 0 Å².